The van der Waals surface area contributed by atoms with Crippen molar-refractivity contribution in [1.82, 2.24) is 19.9 Å². The van der Waals surface area contributed by atoms with Crippen molar-refractivity contribution >= 4 is 52.2 Å². The molecule has 5 heterocycles. The van der Waals surface area contributed by atoms with Crippen molar-refractivity contribution in [2.75, 3.05) is 33.9 Å². The molecule has 6 bridgehead atoms. The number of carbonyl (C=O) groups excluding carboxylic acids is 1. The molecular weight excluding hydrogens is 500 g/mol. The Morgan fingerprint density at radius 3 is 2.89 bits per heavy atom. The summed E-state index contributed by atoms with van der Waals surface area (Å²) in [7, 11) is 0. The summed E-state index contributed by atoms with van der Waals surface area (Å²) in [5.41, 5.74) is 4.53. The van der Waals surface area contributed by atoms with Crippen LogP contribution < -0.4 is 20.9 Å². The van der Waals surface area contributed by atoms with Crippen molar-refractivity contribution in [1.29, 1.82) is 0 Å². The van der Waals surface area contributed by atoms with Crippen LogP contribution in [0.25, 0.3) is 0 Å². The summed E-state index contributed by atoms with van der Waals surface area (Å²) in [5, 5.41) is 10.1. The smallest absolute Gasteiger partial charge is 0.229 e. The number of rotatable bonds is 4. The van der Waals surface area contributed by atoms with Gasteiger partial charge in [0.05, 0.1) is 18.1 Å². The number of carbonyl (C=O) groups is 1. The van der Waals surface area contributed by atoms with Crippen LogP contribution in [0.4, 0.5) is 34.6 Å². The number of nitrogens with zero attached hydrogens (tertiary/aromatic N) is 5. The first kappa shape index (κ1) is 24.1. The summed E-state index contributed by atoms with van der Waals surface area (Å²) in [6.45, 7) is 1.75. The number of nitrogens with one attached hydrogen (secondary N) is 3. The zero-order valence-corrected chi connectivity index (χ0v) is 21.4. The van der Waals surface area contributed by atoms with E-state index in [0.717, 1.165) is 66.4 Å². The Morgan fingerprint density at radius 2 is 2.00 bits per heavy atom. The summed E-state index contributed by atoms with van der Waals surface area (Å²) >= 11 is 6.37. The Kier molecular flexibility index (Phi) is 6.75. The van der Waals surface area contributed by atoms with Gasteiger partial charge in [-0.05, 0) is 72.7 Å². The Labute approximate surface area is 225 Å². The van der Waals surface area contributed by atoms with Gasteiger partial charge in [-0.1, -0.05) is 17.7 Å². The molecule has 3 aromatic heterocycles. The number of halogens is 1. The normalized spacial score (nSPS) is 16.3. The van der Waals surface area contributed by atoms with E-state index in [0.29, 0.717) is 29.1 Å². The van der Waals surface area contributed by atoms with Crippen LogP contribution in [0.1, 0.15) is 24.0 Å². The summed E-state index contributed by atoms with van der Waals surface area (Å²) in [6, 6.07) is 13.9. The third kappa shape index (κ3) is 5.52. The number of benzene rings is 1. The first-order chi connectivity index (χ1) is 18.6. The van der Waals surface area contributed by atoms with Crippen molar-refractivity contribution in [2.45, 2.75) is 25.7 Å². The maximum atomic E-state index is 13.1. The van der Waals surface area contributed by atoms with E-state index in [-0.39, 0.29) is 5.91 Å². The maximum Gasteiger partial charge on any atom is 0.229 e. The van der Waals surface area contributed by atoms with E-state index >= 15 is 0 Å². The minimum absolute atomic E-state index is 0.0223. The quantitative estimate of drug-likeness (QED) is 0.326. The van der Waals surface area contributed by atoms with Gasteiger partial charge in [-0.2, -0.15) is 4.98 Å². The van der Waals surface area contributed by atoms with Crippen LogP contribution in [-0.2, 0) is 17.6 Å². The second-order valence-corrected chi connectivity index (χ2v) is 10.0. The van der Waals surface area contributed by atoms with Crippen molar-refractivity contribution in [3.8, 4) is 0 Å². The SMILES string of the molecule is O=C(CC1CCN(c2ccccn2)C1)Nc1ccc2cc1CCc1cncc(c1)Nc1ncc(Cl)c(n1)N2. The number of pyridine rings is 2. The number of aromatic nitrogens is 4. The molecule has 3 N–H and O–H groups in total. The molecular formula is C28H27ClN8O. The number of fused-ring (bicyclic) bond motifs is 6. The lowest BCUT2D eigenvalue weighted by Crippen LogP contribution is -2.23. The van der Waals surface area contributed by atoms with Crippen molar-refractivity contribution in [2.24, 2.45) is 5.92 Å². The molecule has 4 aromatic rings. The number of hydrogen-bond donors (Lipinski definition) is 3. The van der Waals surface area contributed by atoms with Crippen LogP contribution in [0.3, 0.4) is 0 Å². The molecule has 2 aliphatic heterocycles. The molecule has 1 unspecified atom stereocenters. The number of anilines is 6. The summed E-state index contributed by atoms with van der Waals surface area (Å²) in [6.07, 6.45) is 9.88. The molecule has 1 atom stereocenters. The van der Waals surface area contributed by atoms with E-state index in [2.05, 4.69) is 40.8 Å². The monoisotopic (exact) mass is 526 g/mol. The van der Waals surface area contributed by atoms with Gasteiger partial charge in [-0.25, -0.2) is 9.97 Å². The highest BCUT2D eigenvalue weighted by Crippen LogP contribution is 2.30. The average molecular weight is 527 g/mol. The Bertz CT molecular complexity index is 1460. The van der Waals surface area contributed by atoms with Gasteiger partial charge < -0.3 is 20.9 Å². The molecule has 0 aliphatic carbocycles. The molecule has 9 nitrogen and oxygen atoms in total. The van der Waals surface area contributed by atoms with E-state index in [1.807, 2.05) is 48.7 Å². The lowest BCUT2D eigenvalue weighted by atomic mass is 10.0. The fourth-order valence-electron chi connectivity index (χ4n) is 4.96. The minimum atomic E-state index is 0.0223. The molecule has 1 amide bonds. The minimum Gasteiger partial charge on any atom is -0.356 e. The third-order valence-corrected chi connectivity index (χ3v) is 7.13. The number of hydrogen-bond acceptors (Lipinski definition) is 8. The molecule has 38 heavy (non-hydrogen) atoms. The van der Waals surface area contributed by atoms with Gasteiger partial charge in [-0.15, -0.1) is 0 Å². The zero-order chi connectivity index (χ0) is 25.9. The van der Waals surface area contributed by atoms with E-state index in [4.69, 9.17) is 11.6 Å². The van der Waals surface area contributed by atoms with E-state index in [9.17, 15) is 4.79 Å². The van der Waals surface area contributed by atoms with Crippen LogP contribution in [0.2, 0.25) is 5.02 Å². The fourth-order valence-corrected chi connectivity index (χ4v) is 5.10. The van der Waals surface area contributed by atoms with E-state index < -0.39 is 0 Å². The van der Waals surface area contributed by atoms with Gasteiger partial charge in [-0.3, -0.25) is 9.78 Å². The molecule has 2 aliphatic rings. The first-order valence-corrected chi connectivity index (χ1v) is 13.1. The van der Waals surface area contributed by atoms with Crippen molar-refractivity contribution in [3.63, 3.8) is 0 Å². The first-order valence-electron chi connectivity index (χ1n) is 12.7. The highest BCUT2D eigenvalue weighted by Gasteiger charge is 2.25. The summed E-state index contributed by atoms with van der Waals surface area (Å²) in [5.74, 6) is 2.20. The Morgan fingerprint density at radius 1 is 1.05 bits per heavy atom. The molecule has 0 spiro atoms. The Hall–Kier alpha value is -4.24. The predicted octanol–water partition coefficient (Wildman–Crippen LogP) is 5.36. The zero-order valence-electron chi connectivity index (χ0n) is 20.7. The molecule has 1 saturated heterocycles. The van der Waals surface area contributed by atoms with Crippen LogP contribution in [0.15, 0.2) is 67.3 Å². The largest absolute Gasteiger partial charge is 0.356 e. The second-order valence-electron chi connectivity index (χ2n) is 9.63. The lowest BCUT2D eigenvalue weighted by Gasteiger charge is -2.18. The van der Waals surface area contributed by atoms with Gasteiger partial charge in [0, 0.05) is 43.3 Å². The van der Waals surface area contributed by atoms with Gasteiger partial charge in [0.1, 0.15) is 10.8 Å². The summed E-state index contributed by atoms with van der Waals surface area (Å²) < 4.78 is 0. The molecule has 6 rings (SSSR count). The highest BCUT2D eigenvalue weighted by molar-refractivity contribution is 6.32. The van der Waals surface area contributed by atoms with Crippen LogP contribution in [0.5, 0.6) is 0 Å². The van der Waals surface area contributed by atoms with Gasteiger partial charge >= 0.3 is 0 Å². The highest BCUT2D eigenvalue weighted by atomic mass is 35.5. The van der Waals surface area contributed by atoms with Crippen LogP contribution in [-0.4, -0.2) is 38.9 Å². The van der Waals surface area contributed by atoms with E-state index in [1.165, 1.54) is 0 Å². The third-order valence-electron chi connectivity index (χ3n) is 6.85. The lowest BCUT2D eigenvalue weighted by molar-refractivity contribution is -0.116. The molecule has 1 fully saturated rings. The van der Waals surface area contributed by atoms with Crippen LogP contribution >= 0.6 is 11.6 Å². The molecule has 1 aromatic carbocycles. The fraction of sp³-hybridized carbons (Fsp3) is 0.250. The molecule has 10 heteroatoms. The average Bonchev–Trinajstić information content (AvgIpc) is 3.39. The van der Waals surface area contributed by atoms with Gasteiger partial charge in [0.15, 0.2) is 5.82 Å². The number of amides is 1. The molecule has 0 radical (unpaired) electrons. The second kappa shape index (κ2) is 10.6. The van der Waals surface area contributed by atoms with E-state index in [1.54, 1.807) is 18.6 Å². The summed E-state index contributed by atoms with van der Waals surface area (Å²) in [4.78, 5) is 33.0. The molecule has 192 valence electrons. The maximum absolute atomic E-state index is 13.1. The van der Waals surface area contributed by atoms with Gasteiger partial charge in [0.25, 0.3) is 0 Å². The number of aryl methyl sites for hydroxylation is 2. The Balaban J connectivity index is 1.21. The van der Waals surface area contributed by atoms with Gasteiger partial charge in [0.2, 0.25) is 11.9 Å². The predicted molar refractivity (Wildman–Crippen MR) is 149 cm³/mol. The molecule has 0 saturated carbocycles. The standard InChI is InChI=1S/C28H27ClN8O/c29-23-16-32-28-34-22-11-18(14-30-15-22)4-5-20-13-21(33-27(23)36-28)6-7-24(20)35-26(38)12-19-8-10-37(17-19)25-3-1-2-9-31-25/h1-3,6-7,9,11,13-16,19H,4-5,8,10,12,17H2,(H,35,38)(H2,32,33,34,36). The topological polar surface area (TPSA) is 108 Å². The van der Waals surface area contributed by atoms with Crippen LogP contribution in [0, 0.1) is 5.92 Å². The van der Waals surface area contributed by atoms with Crippen molar-refractivity contribution < 1.29 is 4.79 Å². The van der Waals surface area contributed by atoms with Crippen molar-refractivity contribution in [3.05, 3.63) is 83.4 Å².